The number of ether oxygens (including phenoxy) is 6. The van der Waals surface area contributed by atoms with Crippen LogP contribution in [0.15, 0.2) is 18.2 Å². The van der Waals surface area contributed by atoms with Crippen molar-refractivity contribution in [3.8, 4) is 11.5 Å². The highest BCUT2D eigenvalue weighted by atomic mass is 16.7. The van der Waals surface area contributed by atoms with E-state index in [9.17, 15) is 19.2 Å². The van der Waals surface area contributed by atoms with Crippen molar-refractivity contribution in [1.82, 2.24) is 0 Å². The van der Waals surface area contributed by atoms with Crippen LogP contribution in [0.25, 0.3) is 0 Å². The average Bonchev–Trinajstić information content (AvgIpc) is 2.88. The van der Waals surface area contributed by atoms with Crippen molar-refractivity contribution in [2.75, 3.05) is 0 Å². The number of unbranched alkanes of at least 4 members (excludes halogenated alkanes) is 1. The van der Waals surface area contributed by atoms with Crippen LogP contribution in [0.5, 0.6) is 11.5 Å². The molecule has 0 radical (unpaired) electrons. The molecule has 1 aromatic carbocycles. The maximum absolute atomic E-state index is 12.6. The molecule has 2 N–H and O–H groups in total. The second kappa shape index (κ2) is 17.3. The molecule has 11 heteroatoms. The van der Waals surface area contributed by atoms with Gasteiger partial charge in [-0.15, -0.1) is 0 Å². The van der Waals surface area contributed by atoms with E-state index in [1.807, 2.05) is 20.8 Å². The summed E-state index contributed by atoms with van der Waals surface area (Å²) in [6.07, 6.45) is -1.00. The Labute approximate surface area is 230 Å². The number of nitrogens with two attached hydrogens (primary N) is 1. The zero-order chi connectivity index (χ0) is 29.5. The number of carbonyl (C=O) groups is 4. The molecule has 1 rings (SSSR count). The monoisotopic (exact) mass is 553 g/mol. The largest absolute Gasteiger partial charge is 0.514 e. The van der Waals surface area contributed by atoms with Crippen molar-refractivity contribution in [2.45, 2.75) is 117 Å². The lowest BCUT2D eigenvalue weighted by Gasteiger charge is -2.22. The molecular formula is C28H43NO10. The van der Waals surface area contributed by atoms with E-state index >= 15 is 0 Å². The smallest absolute Gasteiger partial charge is 0.459 e. The van der Waals surface area contributed by atoms with Gasteiger partial charge in [0.15, 0.2) is 11.5 Å². The van der Waals surface area contributed by atoms with E-state index in [-0.39, 0.29) is 36.1 Å². The third-order valence-electron chi connectivity index (χ3n) is 5.91. The van der Waals surface area contributed by atoms with Gasteiger partial charge in [0.2, 0.25) is 0 Å². The average molecular weight is 554 g/mol. The van der Waals surface area contributed by atoms with E-state index in [1.165, 1.54) is 12.1 Å². The fourth-order valence-corrected chi connectivity index (χ4v) is 2.95. The van der Waals surface area contributed by atoms with E-state index in [4.69, 9.17) is 34.2 Å². The number of hydrogen-bond donors (Lipinski definition) is 1. The van der Waals surface area contributed by atoms with Crippen LogP contribution in [0.1, 0.15) is 86.1 Å². The highest BCUT2D eigenvalue weighted by Gasteiger charge is 2.25. The van der Waals surface area contributed by atoms with Crippen LogP contribution in [0.2, 0.25) is 0 Å². The maximum Gasteiger partial charge on any atom is 0.514 e. The van der Waals surface area contributed by atoms with Gasteiger partial charge in [0.25, 0.3) is 0 Å². The van der Waals surface area contributed by atoms with E-state index in [0.29, 0.717) is 31.2 Å². The Morgan fingerprint density at radius 3 is 1.85 bits per heavy atom. The molecule has 5 atom stereocenters. The van der Waals surface area contributed by atoms with Crippen LogP contribution in [0.4, 0.5) is 9.59 Å². The highest BCUT2D eigenvalue weighted by molar-refractivity contribution is 5.76. The van der Waals surface area contributed by atoms with Crippen molar-refractivity contribution in [3.63, 3.8) is 0 Å². The minimum absolute atomic E-state index is 0.0184. The van der Waals surface area contributed by atoms with Crippen LogP contribution >= 0.6 is 0 Å². The Morgan fingerprint density at radius 1 is 0.769 bits per heavy atom. The number of hydrogen-bond acceptors (Lipinski definition) is 11. The van der Waals surface area contributed by atoms with Crippen molar-refractivity contribution >= 4 is 24.2 Å². The van der Waals surface area contributed by atoms with Crippen LogP contribution in [0, 0.1) is 0 Å². The fraction of sp³-hybridized carbons (Fsp3) is 0.643. The van der Waals surface area contributed by atoms with E-state index in [0.717, 1.165) is 6.42 Å². The normalized spacial score (nSPS) is 14.7. The number of rotatable bonds is 15. The molecule has 0 aromatic heterocycles. The van der Waals surface area contributed by atoms with Gasteiger partial charge in [0.1, 0.15) is 30.5 Å². The molecule has 0 aliphatic carbocycles. The molecule has 0 saturated carbocycles. The molecule has 220 valence electrons. The molecule has 39 heavy (non-hydrogen) atoms. The quantitative estimate of drug-likeness (QED) is 0.173. The Hall–Kier alpha value is -3.34. The summed E-state index contributed by atoms with van der Waals surface area (Å²) in [6.45, 7) is 12.3. The number of carbonyl (C=O) groups excluding carboxylic acids is 4. The molecule has 11 nitrogen and oxygen atoms in total. The van der Waals surface area contributed by atoms with Crippen LogP contribution in [0.3, 0.4) is 0 Å². The van der Waals surface area contributed by atoms with Crippen LogP contribution < -0.4 is 15.2 Å². The first kappa shape index (κ1) is 33.7. The fourth-order valence-electron chi connectivity index (χ4n) is 2.95. The third kappa shape index (κ3) is 12.8. The lowest BCUT2D eigenvalue weighted by atomic mass is 10.1. The van der Waals surface area contributed by atoms with Crippen molar-refractivity contribution in [2.24, 2.45) is 5.73 Å². The van der Waals surface area contributed by atoms with Gasteiger partial charge >= 0.3 is 24.2 Å². The summed E-state index contributed by atoms with van der Waals surface area (Å²) >= 11 is 0. The first-order valence-corrected chi connectivity index (χ1v) is 13.4. The number of benzene rings is 1. The van der Waals surface area contributed by atoms with Crippen molar-refractivity contribution in [3.05, 3.63) is 23.8 Å². The molecule has 0 aliphatic rings. The lowest BCUT2D eigenvalue weighted by molar-refractivity contribution is -0.166. The molecule has 0 bridgehead atoms. The SMILES string of the molecule is CCCCC(=O)O[C@@H](C)[C@H](C)OC(=O)[C@@H](N)Cc1ccc(OC(=O)OC(C)CC)c(OC(=O)OC(C)CC)c1. The Bertz CT molecular complexity index is 950. The van der Waals surface area contributed by atoms with Gasteiger partial charge in [-0.05, 0) is 71.1 Å². The second-order valence-corrected chi connectivity index (χ2v) is 9.41. The van der Waals surface area contributed by atoms with Gasteiger partial charge in [0.05, 0.1) is 0 Å². The first-order valence-electron chi connectivity index (χ1n) is 13.4. The van der Waals surface area contributed by atoms with Crippen LogP contribution in [-0.4, -0.2) is 54.7 Å². The van der Waals surface area contributed by atoms with Gasteiger partial charge in [0, 0.05) is 6.42 Å². The van der Waals surface area contributed by atoms with Gasteiger partial charge in [-0.1, -0.05) is 33.3 Å². The summed E-state index contributed by atoms with van der Waals surface area (Å²) in [5.41, 5.74) is 6.57. The zero-order valence-electron chi connectivity index (χ0n) is 24.0. The van der Waals surface area contributed by atoms with Crippen LogP contribution in [-0.2, 0) is 35.0 Å². The topological polar surface area (TPSA) is 150 Å². The summed E-state index contributed by atoms with van der Waals surface area (Å²) in [7, 11) is 0. The summed E-state index contributed by atoms with van der Waals surface area (Å²) in [5.74, 6) is -1.23. The lowest BCUT2D eigenvalue weighted by Crippen LogP contribution is -2.39. The molecular weight excluding hydrogens is 510 g/mol. The minimum atomic E-state index is -1.07. The minimum Gasteiger partial charge on any atom is -0.459 e. The van der Waals surface area contributed by atoms with Gasteiger partial charge < -0.3 is 34.2 Å². The summed E-state index contributed by atoms with van der Waals surface area (Å²) in [4.78, 5) is 48.9. The van der Waals surface area contributed by atoms with Gasteiger partial charge in [-0.25, -0.2) is 9.59 Å². The standard InChI is InChI=1S/C28H43NO10/c1-8-11-12-25(30)36-19(6)20(7)37-26(31)22(29)15-21-13-14-23(38-27(32)34-17(4)9-2)24(16-21)39-28(33)35-18(5)10-3/h13-14,16-20,22H,8-12,15,29H2,1-7H3/t17?,18?,19-,20-,22-/m0/s1. The Morgan fingerprint density at radius 2 is 1.31 bits per heavy atom. The van der Waals surface area contributed by atoms with E-state index in [1.54, 1.807) is 33.8 Å². The predicted molar refractivity (Wildman–Crippen MR) is 142 cm³/mol. The maximum atomic E-state index is 12.6. The molecule has 0 spiro atoms. The third-order valence-corrected chi connectivity index (χ3v) is 5.91. The van der Waals surface area contributed by atoms with E-state index < -0.39 is 36.5 Å². The van der Waals surface area contributed by atoms with Gasteiger partial charge in [-0.3, -0.25) is 9.59 Å². The molecule has 0 fully saturated rings. The zero-order valence-corrected chi connectivity index (χ0v) is 24.0. The Balaban J connectivity index is 2.93. The Kier molecular flexibility index (Phi) is 14.9. The molecule has 0 heterocycles. The molecule has 0 amide bonds. The summed E-state index contributed by atoms with van der Waals surface area (Å²) in [5, 5.41) is 0. The van der Waals surface area contributed by atoms with E-state index in [2.05, 4.69) is 0 Å². The molecule has 0 saturated heterocycles. The second-order valence-electron chi connectivity index (χ2n) is 9.41. The van der Waals surface area contributed by atoms with Crippen molar-refractivity contribution in [1.29, 1.82) is 0 Å². The molecule has 1 aromatic rings. The van der Waals surface area contributed by atoms with Crippen molar-refractivity contribution < 1.29 is 47.6 Å². The summed E-state index contributed by atoms with van der Waals surface area (Å²) < 4.78 is 31.5. The summed E-state index contributed by atoms with van der Waals surface area (Å²) in [6, 6.07) is 3.31. The predicted octanol–water partition coefficient (Wildman–Crippen LogP) is 5.24. The number of esters is 2. The molecule has 0 aliphatic heterocycles. The highest BCUT2D eigenvalue weighted by Crippen LogP contribution is 2.30. The first-order chi connectivity index (χ1) is 18.4. The molecule has 2 unspecified atom stereocenters. The van der Waals surface area contributed by atoms with Gasteiger partial charge in [-0.2, -0.15) is 0 Å².